The van der Waals surface area contributed by atoms with E-state index in [-0.39, 0.29) is 43.6 Å². The maximum absolute atomic E-state index is 12.7. The number of hydrogen-bond donors (Lipinski definition) is 0. The third kappa shape index (κ3) is 7.85. The highest BCUT2D eigenvalue weighted by atomic mass is 16.6. The first-order chi connectivity index (χ1) is 16.5. The normalized spacial score (nSPS) is 19.1. The van der Waals surface area contributed by atoms with Gasteiger partial charge in [0.1, 0.15) is 13.2 Å². The number of rotatable bonds is 11. The van der Waals surface area contributed by atoms with Crippen LogP contribution in [0.4, 0.5) is 0 Å². The van der Waals surface area contributed by atoms with Crippen LogP contribution in [0.15, 0.2) is 30.3 Å². The van der Waals surface area contributed by atoms with Gasteiger partial charge in [0, 0.05) is 5.41 Å². The van der Waals surface area contributed by atoms with Crippen LogP contribution in [0.2, 0.25) is 0 Å². The van der Waals surface area contributed by atoms with E-state index in [9.17, 15) is 14.4 Å². The van der Waals surface area contributed by atoms with E-state index in [0.717, 1.165) is 51.4 Å². The van der Waals surface area contributed by atoms with Crippen molar-refractivity contribution < 1.29 is 28.6 Å². The lowest BCUT2D eigenvalue weighted by atomic mass is 9.83. The minimum Gasteiger partial charge on any atom is -0.465 e. The zero-order valence-electron chi connectivity index (χ0n) is 20.6. The largest absolute Gasteiger partial charge is 0.465 e. The van der Waals surface area contributed by atoms with Gasteiger partial charge in [-0.05, 0) is 50.7 Å². The topological polar surface area (TPSA) is 78.9 Å². The van der Waals surface area contributed by atoms with E-state index in [1.807, 2.05) is 13.0 Å². The summed E-state index contributed by atoms with van der Waals surface area (Å²) in [5.74, 6) is -0.753. The minimum absolute atomic E-state index is 0.00943. The van der Waals surface area contributed by atoms with Crippen molar-refractivity contribution in [1.82, 2.24) is 0 Å². The van der Waals surface area contributed by atoms with Crippen LogP contribution in [0.3, 0.4) is 0 Å². The van der Waals surface area contributed by atoms with Crippen LogP contribution in [0.5, 0.6) is 0 Å². The molecular weight excluding hydrogens is 432 g/mol. The Morgan fingerprint density at radius 3 is 1.85 bits per heavy atom. The number of esters is 3. The molecule has 0 heterocycles. The summed E-state index contributed by atoms with van der Waals surface area (Å²) in [6.45, 7) is 2.48. The Bertz CT molecular complexity index is 779. The highest BCUT2D eigenvalue weighted by Gasteiger charge is 2.34. The molecule has 0 N–H and O–H groups in total. The first kappa shape index (κ1) is 26.2. The molecule has 34 heavy (non-hydrogen) atoms. The molecule has 1 atom stereocenters. The van der Waals surface area contributed by atoms with E-state index >= 15 is 0 Å². The van der Waals surface area contributed by atoms with Crippen molar-refractivity contribution in [1.29, 1.82) is 0 Å². The van der Waals surface area contributed by atoms with E-state index in [0.29, 0.717) is 18.4 Å². The van der Waals surface area contributed by atoms with E-state index in [1.54, 1.807) is 24.3 Å². The molecule has 2 fully saturated rings. The third-order valence-corrected chi connectivity index (χ3v) is 7.54. The summed E-state index contributed by atoms with van der Waals surface area (Å²) in [4.78, 5) is 37.8. The van der Waals surface area contributed by atoms with Crippen LogP contribution in [0, 0.1) is 17.3 Å². The summed E-state index contributed by atoms with van der Waals surface area (Å²) in [5, 5.41) is 0. The van der Waals surface area contributed by atoms with Crippen LogP contribution in [0.1, 0.15) is 94.3 Å². The second-order valence-corrected chi connectivity index (χ2v) is 9.99. The summed E-state index contributed by atoms with van der Waals surface area (Å²) < 4.78 is 17.1. The van der Waals surface area contributed by atoms with Gasteiger partial charge in [0.25, 0.3) is 0 Å². The molecule has 1 aromatic carbocycles. The van der Waals surface area contributed by atoms with Crippen LogP contribution < -0.4 is 0 Å². The number of benzene rings is 1. The van der Waals surface area contributed by atoms with Crippen LogP contribution in [-0.4, -0.2) is 37.7 Å². The van der Waals surface area contributed by atoms with Gasteiger partial charge >= 0.3 is 17.9 Å². The number of hydrogen-bond acceptors (Lipinski definition) is 6. The standard InChI is InChI=1S/C28H40O6/c1-2-28(20-33-26(30)23-14-8-4-9-15-23,21-34-27(31)24-16-10-5-11-17-24)18-19-32-25(29)22-12-6-3-7-13-22/h4,8-9,14-15,22,24H,2-3,5-7,10-13,16-21H2,1H3. The fraction of sp³-hybridized carbons (Fsp3) is 0.679. The monoisotopic (exact) mass is 472 g/mol. The van der Waals surface area contributed by atoms with Gasteiger partial charge in [0.2, 0.25) is 0 Å². The van der Waals surface area contributed by atoms with Gasteiger partial charge in [-0.15, -0.1) is 0 Å². The van der Waals surface area contributed by atoms with Gasteiger partial charge < -0.3 is 14.2 Å². The molecular formula is C28H40O6. The van der Waals surface area contributed by atoms with Gasteiger partial charge in [-0.2, -0.15) is 0 Å². The molecule has 0 spiro atoms. The zero-order valence-corrected chi connectivity index (χ0v) is 20.6. The van der Waals surface area contributed by atoms with Gasteiger partial charge in [-0.25, -0.2) is 4.79 Å². The Morgan fingerprint density at radius 1 is 0.765 bits per heavy atom. The Balaban J connectivity index is 1.59. The van der Waals surface area contributed by atoms with Crippen molar-refractivity contribution >= 4 is 17.9 Å². The molecule has 6 nitrogen and oxygen atoms in total. The molecule has 1 unspecified atom stereocenters. The summed E-state index contributed by atoms with van der Waals surface area (Å²) in [7, 11) is 0. The smallest absolute Gasteiger partial charge is 0.338 e. The summed E-state index contributed by atoms with van der Waals surface area (Å²) in [6, 6.07) is 8.86. The van der Waals surface area contributed by atoms with Crippen molar-refractivity contribution in [3.05, 3.63) is 35.9 Å². The number of carbonyl (C=O) groups excluding carboxylic acids is 3. The number of carbonyl (C=O) groups is 3. The maximum Gasteiger partial charge on any atom is 0.338 e. The highest BCUT2D eigenvalue weighted by Crippen LogP contribution is 2.31. The van der Waals surface area contributed by atoms with Gasteiger partial charge in [-0.1, -0.05) is 63.6 Å². The van der Waals surface area contributed by atoms with Crippen molar-refractivity contribution in [3.8, 4) is 0 Å². The molecule has 0 aliphatic heterocycles. The lowest BCUT2D eigenvalue weighted by Crippen LogP contribution is -2.37. The molecule has 6 heteroatoms. The average Bonchev–Trinajstić information content (AvgIpc) is 2.91. The summed E-state index contributed by atoms with van der Waals surface area (Å²) in [5.41, 5.74) is -0.114. The van der Waals surface area contributed by atoms with Crippen molar-refractivity contribution in [3.63, 3.8) is 0 Å². The van der Waals surface area contributed by atoms with Crippen LogP contribution in [-0.2, 0) is 23.8 Å². The average molecular weight is 473 g/mol. The summed E-state index contributed by atoms with van der Waals surface area (Å²) in [6.07, 6.45) is 11.3. The van der Waals surface area contributed by atoms with Gasteiger partial charge in [0.05, 0.1) is 24.0 Å². The Morgan fingerprint density at radius 2 is 1.29 bits per heavy atom. The van der Waals surface area contributed by atoms with Crippen LogP contribution in [0.25, 0.3) is 0 Å². The quantitative estimate of drug-likeness (QED) is 0.296. The summed E-state index contributed by atoms with van der Waals surface area (Å²) >= 11 is 0. The fourth-order valence-corrected chi connectivity index (χ4v) is 4.95. The second kappa shape index (κ2) is 13.5. The first-order valence-electron chi connectivity index (χ1n) is 13.1. The molecule has 0 radical (unpaired) electrons. The van der Waals surface area contributed by atoms with Crippen molar-refractivity contribution in [2.75, 3.05) is 19.8 Å². The molecule has 2 saturated carbocycles. The van der Waals surface area contributed by atoms with E-state index < -0.39 is 11.4 Å². The van der Waals surface area contributed by atoms with E-state index in [1.165, 1.54) is 12.8 Å². The molecule has 0 saturated heterocycles. The highest BCUT2D eigenvalue weighted by molar-refractivity contribution is 5.89. The predicted molar refractivity (Wildman–Crippen MR) is 129 cm³/mol. The molecule has 0 amide bonds. The zero-order chi connectivity index (χ0) is 24.2. The van der Waals surface area contributed by atoms with Crippen molar-refractivity contribution in [2.45, 2.75) is 84.0 Å². The molecule has 0 bridgehead atoms. The SMILES string of the molecule is CCC(CCOC(=O)C1CCCCC1)(COC(=O)c1ccccc1)COC(=O)C1CCCCC1. The molecule has 3 rings (SSSR count). The Kier molecular flexibility index (Phi) is 10.4. The lowest BCUT2D eigenvalue weighted by molar-refractivity contribution is -0.158. The molecule has 188 valence electrons. The van der Waals surface area contributed by atoms with Gasteiger partial charge in [0.15, 0.2) is 0 Å². The fourth-order valence-electron chi connectivity index (χ4n) is 4.95. The van der Waals surface area contributed by atoms with E-state index in [4.69, 9.17) is 14.2 Å². The second-order valence-electron chi connectivity index (χ2n) is 9.99. The van der Waals surface area contributed by atoms with E-state index in [2.05, 4.69) is 0 Å². The molecule has 1 aromatic rings. The third-order valence-electron chi connectivity index (χ3n) is 7.54. The molecule has 2 aliphatic carbocycles. The first-order valence-corrected chi connectivity index (χ1v) is 13.1. The van der Waals surface area contributed by atoms with Gasteiger partial charge in [-0.3, -0.25) is 9.59 Å². The maximum atomic E-state index is 12.7. The van der Waals surface area contributed by atoms with Crippen molar-refractivity contribution in [2.24, 2.45) is 17.3 Å². The Labute approximate surface area is 203 Å². The molecule has 0 aromatic heterocycles. The Hall–Kier alpha value is -2.37. The lowest BCUT2D eigenvalue weighted by Gasteiger charge is -2.32. The van der Waals surface area contributed by atoms with Crippen LogP contribution >= 0.6 is 0 Å². The molecule has 2 aliphatic rings. The number of ether oxygens (including phenoxy) is 3. The predicted octanol–water partition coefficient (Wildman–Crippen LogP) is 5.88. The minimum atomic E-state index is -0.596.